The molecule has 1 aromatic heterocycles. The van der Waals surface area contributed by atoms with Gasteiger partial charge in [-0.05, 0) is 34.7 Å². The van der Waals surface area contributed by atoms with Crippen molar-refractivity contribution < 1.29 is 19.6 Å². The molecule has 0 aliphatic carbocycles. The Labute approximate surface area is 244 Å². The third-order valence-electron chi connectivity index (χ3n) is 7.93. The largest absolute Gasteiger partial charge is 0.465 e. The van der Waals surface area contributed by atoms with E-state index in [0.717, 1.165) is 11.1 Å². The number of aromatic nitrogens is 1. The Balaban J connectivity index is 1.62. The molecule has 3 aromatic carbocycles. The molecule has 2 unspecified atom stereocenters. The molecular weight excluding hydrogens is 532 g/mol. The van der Waals surface area contributed by atoms with Crippen LogP contribution in [0.1, 0.15) is 42.6 Å². The lowest BCUT2D eigenvalue weighted by Crippen LogP contribution is -2.59. The number of benzene rings is 3. The van der Waals surface area contributed by atoms with E-state index in [-0.39, 0.29) is 42.6 Å². The number of carbonyl (C=O) groups is 2. The highest BCUT2D eigenvalue weighted by molar-refractivity contribution is 6.01. The van der Waals surface area contributed by atoms with E-state index in [9.17, 15) is 24.8 Å². The summed E-state index contributed by atoms with van der Waals surface area (Å²) in [6.07, 6.45) is 0.805. The van der Waals surface area contributed by atoms with Gasteiger partial charge in [-0.15, -0.1) is 0 Å². The van der Waals surface area contributed by atoms with Gasteiger partial charge in [0.05, 0.1) is 22.2 Å². The van der Waals surface area contributed by atoms with Crippen molar-refractivity contribution in [3.05, 3.63) is 118 Å². The lowest BCUT2D eigenvalue weighted by atomic mass is 9.71. The SMILES string of the molecule is CC(C)(C)C(c1ccccc1)C1CN(C(=O)O)CCN1C(=O)c1ccn(-c2ccc([N+](=O)[O-])cc2)c1-c1ccccc1. The van der Waals surface area contributed by atoms with Crippen LogP contribution in [-0.4, -0.2) is 62.1 Å². The fraction of sp³-hybridized carbons (Fsp3) is 0.273. The predicted octanol–water partition coefficient (Wildman–Crippen LogP) is 6.69. The van der Waals surface area contributed by atoms with Crippen molar-refractivity contribution in [1.29, 1.82) is 0 Å². The molecule has 2 heterocycles. The molecule has 9 nitrogen and oxygen atoms in total. The van der Waals surface area contributed by atoms with Crippen molar-refractivity contribution >= 4 is 17.7 Å². The summed E-state index contributed by atoms with van der Waals surface area (Å²) in [6, 6.07) is 27.1. The number of amides is 2. The van der Waals surface area contributed by atoms with Crippen molar-refractivity contribution in [2.45, 2.75) is 32.7 Å². The van der Waals surface area contributed by atoms with Crippen molar-refractivity contribution in [2.24, 2.45) is 5.41 Å². The summed E-state index contributed by atoms with van der Waals surface area (Å²) in [5.41, 5.74) is 3.40. The second kappa shape index (κ2) is 11.5. The molecule has 2 atom stereocenters. The van der Waals surface area contributed by atoms with Gasteiger partial charge in [-0.25, -0.2) is 4.79 Å². The number of non-ortho nitro benzene ring substituents is 1. The number of nitro benzene ring substituents is 1. The summed E-state index contributed by atoms with van der Waals surface area (Å²) in [7, 11) is 0. The maximum absolute atomic E-state index is 14.6. The van der Waals surface area contributed by atoms with Gasteiger partial charge in [0.2, 0.25) is 0 Å². The zero-order chi connectivity index (χ0) is 30.0. The zero-order valence-corrected chi connectivity index (χ0v) is 23.9. The van der Waals surface area contributed by atoms with Gasteiger partial charge in [0.1, 0.15) is 0 Å². The summed E-state index contributed by atoms with van der Waals surface area (Å²) in [6.45, 7) is 7.02. The molecule has 42 heavy (non-hydrogen) atoms. The molecule has 0 radical (unpaired) electrons. The first kappa shape index (κ1) is 28.6. The molecule has 0 bridgehead atoms. The number of carboxylic acid groups (broad SMARTS) is 1. The Morgan fingerprint density at radius 3 is 2.10 bits per heavy atom. The minimum Gasteiger partial charge on any atom is -0.465 e. The first-order chi connectivity index (χ1) is 20.1. The Morgan fingerprint density at radius 1 is 0.905 bits per heavy atom. The number of carbonyl (C=O) groups excluding carboxylic acids is 1. The van der Waals surface area contributed by atoms with E-state index in [2.05, 4.69) is 20.8 Å². The Morgan fingerprint density at radius 2 is 1.52 bits per heavy atom. The Hall–Kier alpha value is -4.92. The maximum atomic E-state index is 14.6. The van der Waals surface area contributed by atoms with E-state index in [0.29, 0.717) is 16.9 Å². The second-order valence-electron chi connectivity index (χ2n) is 11.6. The minimum atomic E-state index is -0.998. The number of hydrogen-bond acceptors (Lipinski definition) is 4. The standard InChI is InChI=1S/C33H34N4O5/c1-33(2,3)29(23-10-6-4-7-11-23)28-22-34(32(39)40)20-21-36(28)31(38)27-18-19-35(30(27)24-12-8-5-9-13-24)25-14-16-26(17-15-25)37(41)42/h4-19,28-29H,20-22H2,1-3H3,(H,39,40). The smallest absolute Gasteiger partial charge is 0.407 e. The summed E-state index contributed by atoms with van der Waals surface area (Å²) in [5, 5.41) is 21.1. The molecule has 9 heteroatoms. The fourth-order valence-corrected chi connectivity index (χ4v) is 6.08. The molecule has 0 spiro atoms. The van der Waals surface area contributed by atoms with E-state index in [1.165, 1.54) is 17.0 Å². The number of rotatable bonds is 6. The van der Waals surface area contributed by atoms with Gasteiger partial charge in [-0.3, -0.25) is 14.9 Å². The van der Waals surface area contributed by atoms with Crippen LogP contribution in [0.2, 0.25) is 0 Å². The van der Waals surface area contributed by atoms with Crippen molar-refractivity contribution in [3.8, 4) is 16.9 Å². The van der Waals surface area contributed by atoms with Crippen LogP contribution in [0.15, 0.2) is 97.2 Å². The van der Waals surface area contributed by atoms with Gasteiger partial charge < -0.3 is 19.5 Å². The molecule has 1 aliphatic rings. The number of nitrogens with zero attached hydrogens (tertiary/aromatic N) is 4. The third kappa shape index (κ3) is 5.63. The molecular formula is C33H34N4O5. The van der Waals surface area contributed by atoms with Crippen LogP contribution in [0.3, 0.4) is 0 Å². The average Bonchev–Trinajstić information content (AvgIpc) is 3.42. The highest BCUT2D eigenvalue weighted by Crippen LogP contribution is 2.42. The van der Waals surface area contributed by atoms with E-state index in [4.69, 9.17) is 0 Å². The number of hydrogen-bond donors (Lipinski definition) is 1. The van der Waals surface area contributed by atoms with E-state index >= 15 is 0 Å². The molecule has 4 aromatic rings. The van der Waals surface area contributed by atoms with Crippen LogP contribution in [0.25, 0.3) is 16.9 Å². The van der Waals surface area contributed by atoms with Gasteiger partial charge in [0.15, 0.2) is 0 Å². The summed E-state index contributed by atoms with van der Waals surface area (Å²) >= 11 is 0. The lowest BCUT2D eigenvalue weighted by Gasteiger charge is -2.48. The van der Waals surface area contributed by atoms with Crippen LogP contribution < -0.4 is 0 Å². The number of nitro groups is 1. The first-order valence-electron chi connectivity index (χ1n) is 13.9. The van der Waals surface area contributed by atoms with Crippen LogP contribution in [0.5, 0.6) is 0 Å². The van der Waals surface area contributed by atoms with Crippen LogP contribution in [0.4, 0.5) is 10.5 Å². The highest BCUT2D eigenvalue weighted by atomic mass is 16.6. The Bertz CT molecular complexity index is 1580. The molecule has 216 valence electrons. The van der Waals surface area contributed by atoms with E-state index in [1.54, 1.807) is 24.4 Å². The van der Waals surface area contributed by atoms with Crippen molar-refractivity contribution in [3.63, 3.8) is 0 Å². The minimum absolute atomic E-state index is 0.0169. The van der Waals surface area contributed by atoms with Crippen molar-refractivity contribution in [1.82, 2.24) is 14.4 Å². The third-order valence-corrected chi connectivity index (χ3v) is 7.93. The quantitative estimate of drug-likeness (QED) is 0.207. The summed E-state index contributed by atoms with van der Waals surface area (Å²) < 4.78 is 1.87. The summed E-state index contributed by atoms with van der Waals surface area (Å²) in [4.78, 5) is 40.7. The lowest BCUT2D eigenvalue weighted by molar-refractivity contribution is -0.384. The fourth-order valence-electron chi connectivity index (χ4n) is 6.08. The molecule has 1 N–H and O–H groups in total. The molecule has 1 aliphatic heterocycles. The molecule has 5 rings (SSSR count). The van der Waals surface area contributed by atoms with Crippen LogP contribution >= 0.6 is 0 Å². The molecule has 2 amide bonds. The average molecular weight is 567 g/mol. The zero-order valence-electron chi connectivity index (χ0n) is 23.9. The van der Waals surface area contributed by atoms with E-state index in [1.807, 2.05) is 70.1 Å². The van der Waals surface area contributed by atoms with Gasteiger partial charge in [-0.2, -0.15) is 0 Å². The number of piperazine rings is 1. The highest BCUT2D eigenvalue weighted by Gasteiger charge is 2.43. The topological polar surface area (TPSA) is 109 Å². The van der Waals surface area contributed by atoms with E-state index < -0.39 is 17.1 Å². The van der Waals surface area contributed by atoms with Gasteiger partial charge in [0, 0.05) is 49.6 Å². The predicted molar refractivity (Wildman–Crippen MR) is 161 cm³/mol. The normalized spacial score (nSPS) is 16.2. The van der Waals surface area contributed by atoms with Gasteiger partial charge in [0.25, 0.3) is 11.6 Å². The first-order valence-corrected chi connectivity index (χ1v) is 13.9. The molecule has 1 saturated heterocycles. The second-order valence-corrected chi connectivity index (χ2v) is 11.6. The van der Waals surface area contributed by atoms with Crippen molar-refractivity contribution in [2.75, 3.05) is 19.6 Å². The maximum Gasteiger partial charge on any atom is 0.407 e. The van der Waals surface area contributed by atoms with Crippen LogP contribution in [-0.2, 0) is 0 Å². The molecule has 0 saturated carbocycles. The van der Waals surface area contributed by atoms with Crippen LogP contribution in [0, 0.1) is 15.5 Å². The monoisotopic (exact) mass is 566 g/mol. The van der Waals surface area contributed by atoms with Gasteiger partial charge in [-0.1, -0.05) is 81.4 Å². The molecule has 1 fully saturated rings. The Kier molecular flexibility index (Phi) is 7.85. The van der Waals surface area contributed by atoms with Gasteiger partial charge >= 0.3 is 6.09 Å². The summed E-state index contributed by atoms with van der Waals surface area (Å²) in [5.74, 6) is -0.323.